The van der Waals surface area contributed by atoms with Crippen LogP contribution in [0.5, 0.6) is 17.2 Å². The largest absolute Gasteiger partial charge is 0.497 e. The van der Waals surface area contributed by atoms with E-state index in [4.69, 9.17) is 14.2 Å². The first-order valence-electron chi connectivity index (χ1n) is 11.8. The Balaban J connectivity index is 1.23. The predicted molar refractivity (Wildman–Crippen MR) is 129 cm³/mol. The molecule has 2 aliphatic rings. The summed E-state index contributed by atoms with van der Waals surface area (Å²) in [6, 6.07) is 14.0. The molecule has 4 rings (SSSR count). The van der Waals surface area contributed by atoms with Crippen molar-refractivity contribution in [2.24, 2.45) is 11.3 Å². The van der Waals surface area contributed by atoms with Crippen molar-refractivity contribution in [2.75, 3.05) is 47.5 Å². The second kappa shape index (κ2) is 10.0. The molecule has 1 aliphatic carbocycles. The Morgan fingerprint density at radius 1 is 1.06 bits per heavy atom. The maximum atomic E-state index is 13.0. The van der Waals surface area contributed by atoms with E-state index in [1.54, 1.807) is 14.2 Å². The van der Waals surface area contributed by atoms with E-state index in [0.29, 0.717) is 13.2 Å². The number of likely N-dealkylation sites (tertiary alicyclic amines) is 1. The van der Waals surface area contributed by atoms with E-state index < -0.39 is 0 Å². The molecule has 0 N–H and O–H groups in total. The van der Waals surface area contributed by atoms with Gasteiger partial charge in [0.15, 0.2) is 0 Å². The van der Waals surface area contributed by atoms with E-state index >= 15 is 0 Å². The molecule has 6 heteroatoms. The molecular formula is C27H36N2O4. The SMILES string of the molecule is COc1ccc(CN2CCC3(CC2)CC3C(=O)N(C)CCOc2ccc(C)cc2)c(OC)c1. The molecule has 33 heavy (non-hydrogen) atoms. The van der Waals surface area contributed by atoms with Crippen LogP contribution in [0.2, 0.25) is 0 Å². The first-order valence-corrected chi connectivity index (χ1v) is 11.8. The van der Waals surface area contributed by atoms with Gasteiger partial charge in [-0.2, -0.15) is 0 Å². The first-order chi connectivity index (χ1) is 15.9. The van der Waals surface area contributed by atoms with Crippen molar-refractivity contribution >= 4 is 5.91 Å². The van der Waals surface area contributed by atoms with Gasteiger partial charge in [-0.3, -0.25) is 9.69 Å². The lowest BCUT2D eigenvalue weighted by molar-refractivity contribution is -0.132. The maximum Gasteiger partial charge on any atom is 0.226 e. The number of hydrogen-bond donors (Lipinski definition) is 0. The molecule has 1 atom stereocenters. The topological polar surface area (TPSA) is 51.2 Å². The zero-order valence-electron chi connectivity index (χ0n) is 20.3. The smallest absolute Gasteiger partial charge is 0.226 e. The van der Waals surface area contributed by atoms with Crippen molar-refractivity contribution in [3.8, 4) is 17.2 Å². The second-order valence-corrected chi connectivity index (χ2v) is 9.49. The van der Waals surface area contributed by atoms with E-state index in [0.717, 1.165) is 56.1 Å². The summed E-state index contributed by atoms with van der Waals surface area (Å²) in [6.07, 6.45) is 3.18. The number of benzene rings is 2. The van der Waals surface area contributed by atoms with E-state index in [1.165, 1.54) is 11.1 Å². The molecule has 1 unspecified atom stereocenters. The van der Waals surface area contributed by atoms with Crippen molar-refractivity contribution in [1.29, 1.82) is 0 Å². The summed E-state index contributed by atoms with van der Waals surface area (Å²) in [6.45, 7) is 6.07. The summed E-state index contributed by atoms with van der Waals surface area (Å²) in [7, 11) is 5.27. The number of hydrogen-bond acceptors (Lipinski definition) is 5. The van der Waals surface area contributed by atoms with Gasteiger partial charge in [0.2, 0.25) is 5.91 Å². The van der Waals surface area contributed by atoms with Crippen LogP contribution in [-0.2, 0) is 11.3 Å². The van der Waals surface area contributed by atoms with Crippen molar-refractivity contribution in [3.05, 3.63) is 53.6 Å². The molecule has 0 radical (unpaired) electrons. The molecule has 1 saturated heterocycles. The van der Waals surface area contributed by atoms with Crippen molar-refractivity contribution in [3.63, 3.8) is 0 Å². The molecule has 2 aromatic carbocycles. The number of nitrogens with zero attached hydrogens (tertiary/aromatic N) is 2. The normalized spacial score (nSPS) is 19.2. The fraction of sp³-hybridized carbons (Fsp3) is 0.519. The predicted octanol–water partition coefficient (Wildman–Crippen LogP) is 4.15. The van der Waals surface area contributed by atoms with Gasteiger partial charge in [-0.1, -0.05) is 23.8 Å². The van der Waals surface area contributed by atoms with E-state index in [2.05, 4.69) is 17.9 Å². The third kappa shape index (κ3) is 5.44. The number of carbonyl (C=O) groups is 1. The molecule has 0 aromatic heterocycles. The van der Waals surface area contributed by atoms with Crippen LogP contribution >= 0.6 is 0 Å². The number of rotatable bonds is 9. The fourth-order valence-corrected chi connectivity index (χ4v) is 4.94. The minimum atomic E-state index is 0.166. The maximum absolute atomic E-state index is 13.0. The average Bonchev–Trinajstić information content (AvgIpc) is 3.54. The molecule has 1 heterocycles. The Labute approximate surface area is 197 Å². The summed E-state index contributed by atoms with van der Waals surface area (Å²) < 4.78 is 16.7. The highest BCUT2D eigenvalue weighted by Crippen LogP contribution is 2.60. The zero-order valence-corrected chi connectivity index (χ0v) is 20.3. The second-order valence-electron chi connectivity index (χ2n) is 9.49. The quantitative estimate of drug-likeness (QED) is 0.572. The summed E-state index contributed by atoms with van der Waals surface area (Å²) in [5.74, 6) is 2.96. The van der Waals surface area contributed by atoms with Crippen molar-refractivity contribution in [2.45, 2.75) is 32.7 Å². The lowest BCUT2D eigenvalue weighted by Crippen LogP contribution is -2.38. The molecule has 1 saturated carbocycles. The van der Waals surface area contributed by atoms with Gasteiger partial charge in [0.25, 0.3) is 0 Å². The Bertz CT molecular complexity index is 951. The van der Waals surface area contributed by atoms with Gasteiger partial charge in [0.1, 0.15) is 23.9 Å². The van der Waals surface area contributed by atoms with Gasteiger partial charge in [-0.25, -0.2) is 0 Å². The van der Waals surface area contributed by atoms with Crippen molar-refractivity contribution < 1.29 is 19.0 Å². The van der Waals surface area contributed by atoms with E-state index in [-0.39, 0.29) is 17.2 Å². The van der Waals surface area contributed by atoms with Crippen LogP contribution in [0.1, 0.15) is 30.4 Å². The molecule has 178 valence electrons. The molecular weight excluding hydrogens is 416 g/mol. The van der Waals surface area contributed by atoms with Crippen molar-refractivity contribution in [1.82, 2.24) is 9.80 Å². The Morgan fingerprint density at radius 2 is 1.76 bits per heavy atom. The minimum Gasteiger partial charge on any atom is -0.497 e. The molecule has 1 amide bonds. The number of carbonyl (C=O) groups excluding carboxylic acids is 1. The monoisotopic (exact) mass is 452 g/mol. The van der Waals surface area contributed by atoms with Crippen LogP contribution in [0.4, 0.5) is 0 Å². The Kier molecular flexibility index (Phi) is 7.13. The highest BCUT2D eigenvalue weighted by Gasteiger charge is 2.58. The number of amides is 1. The molecule has 6 nitrogen and oxygen atoms in total. The van der Waals surface area contributed by atoms with Crippen LogP contribution in [0.15, 0.2) is 42.5 Å². The lowest BCUT2D eigenvalue weighted by atomic mass is 9.90. The highest BCUT2D eigenvalue weighted by molar-refractivity contribution is 5.82. The standard InChI is InChI=1S/C27H36N2O4/c1-20-5-8-22(9-6-20)33-16-15-28(2)26(30)24-18-27(24)11-13-29(14-12-27)19-21-7-10-23(31-3)17-25(21)32-4/h5-10,17,24H,11-16,18-19H2,1-4H3. The van der Waals surface area contributed by atoms with Gasteiger partial charge in [0, 0.05) is 31.1 Å². The molecule has 1 spiro atoms. The van der Waals surface area contributed by atoms with E-state index in [9.17, 15) is 4.79 Å². The first kappa shape index (κ1) is 23.4. The molecule has 2 fully saturated rings. The van der Waals surface area contributed by atoms with Crippen LogP contribution < -0.4 is 14.2 Å². The summed E-state index contributed by atoms with van der Waals surface area (Å²) in [5, 5.41) is 0. The molecule has 1 aliphatic heterocycles. The molecule has 0 bridgehead atoms. The number of likely N-dealkylation sites (N-methyl/N-ethyl adjacent to an activating group) is 1. The van der Waals surface area contributed by atoms with Gasteiger partial charge >= 0.3 is 0 Å². The van der Waals surface area contributed by atoms with Crippen LogP contribution in [0.25, 0.3) is 0 Å². The zero-order chi connectivity index (χ0) is 23.4. The Hall–Kier alpha value is -2.73. The van der Waals surface area contributed by atoms with Gasteiger partial charge < -0.3 is 19.1 Å². The van der Waals surface area contributed by atoms with Gasteiger partial charge in [-0.05, 0) is 62.9 Å². The highest BCUT2D eigenvalue weighted by atomic mass is 16.5. The van der Waals surface area contributed by atoms with Crippen LogP contribution in [0, 0.1) is 18.3 Å². The number of aryl methyl sites for hydroxylation is 1. The summed E-state index contributed by atoms with van der Waals surface area (Å²) in [5.41, 5.74) is 2.58. The number of piperidine rings is 1. The summed E-state index contributed by atoms with van der Waals surface area (Å²) >= 11 is 0. The minimum absolute atomic E-state index is 0.166. The third-order valence-corrected chi connectivity index (χ3v) is 7.32. The summed E-state index contributed by atoms with van der Waals surface area (Å²) in [4.78, 5) is 17.3. The molecule has 2 aromatic rings. The average molecular weight is 453 g/mol. The Morgan fingerprint density at radius 3 is 2.42 bits per heavy atom. The van der Waals surface area contributed by atoms with Gasteiger partial charge in [-0.15, -0.1) is 0 Å². The van der Waals surface area contributed by atoms with E-state index in [1.807, 2.05) is 48.3 Å². The lowest BCUT2D eigenvalue weighted by Gasteiger charge is -2.33. The number of ether oxygens (including phenoxy) is 3. The van der Waals surface area contributed by atoms with Crippen LogP contribution in [0.3, 0.4) is 0 Å². The number of methoxy groups -OCH3 is 2. The van der Waals surface area contributed by atoms with Gasteiger partial charge in [0.05, 0.1) is 20.8 Å². The fourth-order valence-electron chi connectivity index (χ4n) is 4.94. The third-order valence-electron chi connectivity index (χ3n) is 7.32. The van der Waals surface area contributed by atoms with Crippen LogP contribution in [-0.4, -0.2) is 63.2 Å².